The van der Waals surface area contributed by atoms with E-state index in [1.807, 2.05) is 41.8 Å². The Morgan fingerprint density at radius 3 is 2.76 bits per heavy atom. The van der Waals surface area contributed by atoms with Gasteiger partial charge in [0, 0.05) is 33.6 Å². The number of halogens is 1. The molecule has 1 heterocycles. The van der Waals surface area contributed by atoms with Gasteiger partial charge in [-0.3, -0.25) is 4.21 Å². The zero-order chi connectivity index (χ0) is 18.0. The number of fused-ring (bicyclic) bond motifs is 1. The average Bonchev–Trinajstić information content (AvgIpc) is 2.87. The van der Waals surface area contributed by atoms with Crippen LogP contribution in [0.4, 0.5) is 4.39 Å². The summed E-state index contributed by atoms with van der Waals surface area (Å²) in [7, 11) is 0. The molecule has 0 saturated heterocycles. The van der Waals surface area contributed by atoms with E-state index in [1.165, 1.54) is 6.08 Å². The summed E-state index contributed by atoms with van der Waals surface area (Å²) in [5.74, 6) is -0.299. The molecule has 1 aromatic heterocycles. The molecule has 0 spiro atoms. The summed E-state index contributed by atoms with van der Waals surface area (Å²) >= 11 is -2.30. The third-order valence-electron chi connectivity index (χ3n) is 4.19. The van der Waals surface area contributed by atoms with Crippen molar-refractivity contribution in [1.29, 1.82) is 0 Å². The first-order valence-electron chi connectivity index (χ1n) is 7.85. The summed E-state index contributed by atoms with van der Waals surface area (Å²) in [5.41, 5.74) is 8.85. The lowest BCUT2D eigenvalue weighted by Crippen LogP contribution is -2.03. The van der Waals surface area contributed by atoms with Gasteiger partial charge in [0.25, 0.3) is 0 Å². The lowest BCUT2D eigenvalue weighted by atomic mass is 10.0. The van der Waals surface area contributed by atoms with Gasteiger partial charge in [-0.25, -0.2) is 4.39 Å². The van der Waals surface area contributed by atoms with Crippen LogP contribution >= 0.6 is 0 Å². The van der Waals surface area contributed by atoms with Crippen molar-refractivity contribution in [3.8, 4) is 11.1 Å². The fraction of sp³-hybridized carbons (Fsp3) is 0.158. The number of allylic oxidation sites excluding steroid dienone is 1. The summed E-state index contributed by atoms with van der Waals surface area (Å²) in [4.78, 5) is 0.225. The van der Waals surface area contributed by atoms with Crippen LogP contribution in [0.3, 0.4) is 0 Å². The molecule has 1 atom stereocenters. The quantitative estimate of drug-likeness (QED) is 0.708. The van der Waals surface area contributed by atoms with Gasteiger partial charge in [0.1, 0.15) is 5.83 Å². The Kier molecular flexibility index (Phi) is 5.13. The van der Waals surface area contributed by atoms with Crippen molar-refractivity contribution in [2.75, 3.05) is 6.54 Å². The van der Waals surface area contributed by atoms with E-state index in [1.54, 1.807) is 18.2 Å². The predicted molar refractivity (Wildman–Crippen MR) is 97.5 cm³/mol. The number of para-hydroxylation sites is 1. The number of hydrogen-bond donors (Lipinski definition) is 1. The highest BCUT2D eigenvalue weighted by atomic mass is 32.2. The van der Waals surface area contributed by atoms with Crippen molar-refractivity contribution < 1.29 is 13.2 Å². The van der Waals surface area contributed by atoms with Crippen LogP contribution in [-0.4, -0.2) is 19.9 Å². The summed E-state index contributed by atoms with van der Waals surface area (Å²) in [6.07, 6.45) is 1.36. The Hall–Kier alpha value is -2.28. The lowest BCUT2D eigenvalue weighted by Gasteiger charge is -2.09. The van der Waals surface area contributed by atoms with Gasteiger partial charge < -0.3 is 14.9 Å². The van der Waals surface area contributed by atoms with Gasteiger partial charge in [0.2, 0.25) is 0 Å². The summed E-state index contributed by atoms with van der Waals surface area (Å²) < 4.78 is 38.5. The highest BCUT2D eigenvalue weighted by Crippen LogP contribution is 2.35. The molecular formula is C19H18FN2O2S-. The molecule has 0 saturated carbocycles. The molecule has 0 aliphatic carbocycles. The third-order valence-corrected chi connectivity index (χ3v) is 4.83. The van der Waals surface area contributed by atoms with Crippen LogP contribution in [0.25, 0.3) is 22.0 Å². The predicted octanol–water partition coefficient (Wildman–Crippen LogP) is 3.67. The van der Waals surface area contributed by atoms with E-state index in [0.717, 1.165) is 27.7 Å². The largest absolute Gasteiger partial charge is 0.768 e. The third kappa shape index (κ3) is 3.42. The Morgan fingerprint density at radius 1 is 1.28 bits per heavy atom. The minimum absolute atomic E-state index is 0.0940. The first-order chi connectivity index (χ1) is 12.0. The van der Waals surface area contributed by atoms with Gasteiger partial charge in [-0.1, -0.05) is 30.3 Å². The van der Waals surface area contributed by atoms with Crippen LogP contribution in [0.15, 0.2) is 65.3 Å². The molecule has 4 nitrogen and oxygen atoms in total. The molecule has 6 heteroatoms. The highest BCUT2D eigenvalue weighted by molar-refractivity contribution is 7.79. The molecule has 3 aromatic rings. The van der Waals surface area contributed by atoms with Crippen molar-refractivity contribution in [3.63, 3.8) is 0 Å². The summed E-state index contributed by atoms with van der Waals surface area (Å²) in [6, 6.07) is 14.4. The molecule has 25 heavy (non-hydrogen) atoms. The first-order valence-corrected chi connectivity index (χ1v) is 8.92. The van der Waals surface area contributed by atoms with Crippen molar-refractivity contribution in [2.45, 2.75) is 18.4 Å². The van der Waals surface area contributed by atoms with Crippen LogP contribution < -0.4 is 5.73 Å². The van der Waals surface area contributed by atoms with Gasteiger partial charge in [0.15, 0.2) is 0 Å². The molecule has 0 aliphatic heterocycles. The van der Waals surface area contributed by atoms with E-state index >= 15 is 0 Å². The fourth-order valence-electron chi connectivity index (χ4n) is 3.10. The fourth-order valence-corrected chi connectivity index (χ4v) is 3.51. The maximum atomic E-state index is 14.1. The zero-order valence-corrected chi connectivity index (χ0v) is 14.6. The molecule has 1 unspecified atom stereocenters. The zero-order valence-electron chi connectivity index (χ0n) is 13.7. The smallest absolute Gasteiger partial charge is 0.117 e. The standard InChI is InChI=1S/C19H19FN2O2S/c1-13-19(14-5-4-6-16(11-14)25(23)24)17-7-2-3-8-18(17)22(13)12-15(20)9-10-21/h2-9,11H,10,12,21H2,1H3,(H,23,24)/p-1/b15-9-. The van der Waals surface area contributed by atoms with Gasteiger partial charge in [0.05, 0.1) is 6.54 Å². The Balaban J connectivity index is 2.23. The Morgan fingerprint density at radius 2 is 2.04 bits per heavy atom. The van der Waals surface area contributed by atoms with E-state index in [4.69, 9.17) is 5.73 Å². The molecular weight excluding hydrogens is 339 g/mol. The number of hydrogen-bond acceptors (Lipinski definition) is 3. The average molecular weight is 357 g/mol. The SMILES string of the molecule is Cc1c(-c2cccc(S(=O)[O-])c2)c2ccccc2n1C/C(F)=C/CN. The van der Waals surface area contributed by atoms with Crippen LogP contribution in [0.2, 0.25) is 0 Å². The van der Waals surface area contributed by atoms with Crippen LogP contribution in [0.1, 0.15) is 5.69 Å². The van der Waals surface area contributed by atoms with Crippen molar-refractivity contribution in [1.82, 2.24) is 4.57 Å². The molecule has 130 valence electrons. The number of nitrogens with two attached hydrogens (primary N) is 1. The maximum absolute atomic E-state index is 14.1. The molecule has 3 rings (SSSR count). The van der Waals surface area contributed by atoms with Gasteiger partial charge >= 0.3 is 0 Å². The maximum Gasteiger partial charge on any atom is 0.117 e. The van der Waals surface area contributed by atoms with Gasteiger partial charge in [-0.05, 0) is 47.8 Å². The molecule has 0 aliphatic rings. The lowest BCUT2D eigenvalue weighted by molar-refractivity contribution is 0.537. The van der Waals surface area contributed by atoms with E-state index in [-0.39, 0.29) is 23.8 Å². The monoisotopic (exact) mass is 357 g/mol. The molecule has 0 radical (unpaired) electrons. The molecule has 0 bridgehead atoms. The van der Waals surface area contributed by atoms with Crippen molar-refractivity contribution in [3.05, 3.63) is 66.1 Å². The molecule has 0 fully saturated rings. The van der Waals surface area contributed by atoms with Crippen LogP contribution in [-0.2, 0) is 17.6 Å². The van der Waals surface area contributed by atoms with Crippen LogP contribution in [0.5, 0.6) is 0 Å². The van der Waals surface area contributed by atoms with Crippen molar-refractivity contribution >= 4 is 22.0 Å². The summed E-state index contributed by atoms with van der Waals surface area (Å²) in [6.45, 7) is 2.15. The second-order valence-corrected chi connectivity index (χ2v) is 6.65. The number of benzene rings is 2. The second kappa shape index (κ2) is 7.31. The number of nitrogens with zero attached hydrogens (tertiary/aromatic N) is 1. The van der Waals surface area contributed by atoms with Crippen molar-refractivity contribution in [2.24, 2.45) is 5.73 Å². The minimum Gasteiger partial charge on any atom is -0.768 e. The first kappa shape index (κ1) is 17.5. The number of rotatable bonds is 5. The molecule has 0 amide bonds. The van der Waals surface area contributed by atoms with E-state index in [2.05, 4.69) is 0 Å². The Bertz CT molecular complexity index is 979. The number of aromatic nitrogens is 1. The molecule has 2 aromatic carbocycles. The summed E-state index contributed by atoms with van der Waals surface area (Å²) in [5, 5.41) is 0.953. The van der Waals surface area contributed by atoms with Gasteiger partial charge in [-0.15, -0.1) is 0 Å². The second-order valence-electron chi connectivity index (χ2n) is 5.71. The van der Waals surface area contributed by atoms with Crippen LogP contribution in [0, 0.1) is 6.92 Å². The topological polar surface area (TPSA) is 71.1 Å². The molecule has 2 N–H and O–H groups in total. The van der Waals surface area contributed by atoms with Gasteiger partial charge in [-0.2, -0.15) is 0 Å². The van der Waals surface area contributed by atoms with E-state index < -0.39 is 11.1 Å². The normalized spacial score (nSPS) is 13.4. The highest BCUT2D eigenvalue weighted by Gasteiger charge is 2.16. The van der Waals surface area contributed by atoms with E-state index in [0.29, 0.717) is 0 Å². The Labute approximate surface area is 148 Å². The van der Waals surface area contributed by atoms with E-state index in [9.17, 15) is 13.2 Å². The minimum atomic E-state index is -2.30.